The van der Waals surface area contributed by atoms with E-state index in [4.69, 9.17) is 0 Å². The molecule has 0 atom stereocenters. The van der Waals surface area contributed by atoms with Crippen LogP contribution < -0.4 is 9.62 Å². The van der Waals surface area contributed by atoms with Crippen LogP contribution >= 0.6 is 0 Å². The average molecular weight is 488 g/mol. The van der Waals surface area contributed by atoms with Crippen molar-refractivity contribution in [1.29, 1.82) is 0 Å². The van der Waals surface area contributed by atoms with Crippen molar-refractivity contribution in [2.24, 2.45) is 0 Å². The van der Waals surface area contributed by atoms with Gasteiger partial charge < -0.3 is 15.2 Å². The molecule has 1 aliphatic rings. The fourth-order valence-corrected chi connectivity index (χ4v) is 5.34. The maximum Gasteiger partial charge on any atom is 0.338 e. The zero-order chi connectivity index (χ0) is 24.5. The molecule has 2 aromatic heterocycles. The van der Waals surface area contributed by atoms with Crippen LogP contribution in [0, 0.1) is 5.82 Å². The van der Waals surface area contributed by atoms with Crippen molar-refractivity contribution in [1.82, 2.24) is 15.3 Å². The number of hydrogen-bond acceptors (Lipinski definition) is 8. The molecule has 1 aliphatic heterocycles. The van der Waals surface area contributed by atoms with Gasteiger partial charge in [0.1, 0.15) is 11.3 Å². The summed E-state index contributed by atoms with van der Waals surface area (Å²) in [5, 5.41) is 13.5. The number of hydrogen-bond donors (Lipinski definition) is 2. The monoisotopic (exact) mass is 488 g/mol. The number of esters is 1. The van der Waals surface area contributed by atoms with Crippen molar-refractivity contribution in [3.05, 3.63) is 59.2 Å². The van der Waals surface area contributed by atoms with E-state index in [9.17, 15) is 27.5 Å². The summed E-state index contributed by atoms with van der Waals surface area (Å²) in [4.78, 5) is 33.3. The molecule has 1 saturated heterocycles. The zero-order valence-corrected chi connectivity index (χ0v) is 18.9. The fourth-order valence-electron chi connectivity index (χ4n) is 3.74. The third-order valence-electron chi connectivity index (χ3n) is 5.43. The molecule has 12 heteroatoms. The number of pyridine rings is 2. The number of aromatic hydroxyl groups is 1. The van der Waals surface area contributed by atoms with Crippen molar-refractivity contribution in [3.63, 3.8) is 0 Å². The Hall–Kier alpha value is -3.80. The summed E-state index contributed by atoms with van der Waals surface area (Å²) in [6, 6.07) is 6.58. The number of carbonyl (C=O) groups excluding carboxylic acids is 2. The zero-order valence-electron chi connectivity index (χ0n) is 18.1. The molecule has 10 nitrogen and oxygen atoms in total. The molecule has 0 unspecified atom stereocenters. The number of rotatable bonds is 5. The Kier molecular flexibility index (Phi) is 6.33. The van der Waals surface area contributed by atoms with Gasteiger partial charge in [-0.3, -0.25) is 14.1 Å². The number of nitrogens with zero attached hydrogens (tertiary/aromatic N) is 3. The van der Waals surface area contributed by atoms with E-state index in [0.717, 1.165) is 23.5 Å². The van der Waals surface area contributed by atoms with Crippen LogP contribution in [0.5, 0.6) is 5.75 Å². The van der Waals surface area contributed by atoms with E-state index >= 15 is 0 Å². The number of fused-ring (bicyclic) bond motifs is 1. The van der Waals surface area contributed by atoms with Gasteiger partial charge >= 0.3 is 5.97 Å². The molecule has 1 amide bonds. The number of sulfonamides is 1. The minimum Gasteiger partial charge on any atom is -0.504 e. The van der Waals surface area contributed by atoms with Crippen molar-refractivity contribution in [2.45, 2.75) is 19.4 Å². The van der Waals surface area contributed by atoms with E-state index in [-0.39, 0.29) is 46.7 Å². The lowest BCUT2D eigenvalue weighted by molar-refractivity contribution is 0.0598. The lowest BCUT2D eigenvalue weighted by atomic mass is 10.1. The van der Waals surface area contributed by atoms with Crippen LogP contribution in [0.2, 0.25) is 0 Å². The molecular formula is C22H21FN4O6S. The summed E-state index contributed by atoms with van der Waals surface area (Å²) < 4.78 is 44.8. The van der Waals surface area contributed by atoms with E-state index in [0.29, 0.717) is 12.8 Å². The van der Waals surface area contributed by atoms with E-state index in [1.807, 2.05) is 0 Å². The van der Waals surface area contributed by atoms with E-state index < -0.39 is 39.2 Å². The van der Waals surface area contributed by atoms with Gasteiger partial charge in [-0.15, -0.1) is 0 Å². The standard InChI is InChI=1S/C22H21FN4O6S/c1-33-22(30)16-11-14(23)7-6-13(16)12-25-21(29)18-19(28)17-15(5-4-8-24-17)20(26-18)27-9-2-3-10-34(27,31)32/h4-8,11,28H,2-3,9-10,12H2,1H3,(H,25,29). The van der Waals surface area contributed by atoms with Gasteiger partial charge in [0.15, 0.2) is 17.3 Å². The van der Waals surface area contributed by atoms with Gasteiger partial charge in [-0.05, 0) is 42.7 Å². The Bertz CT molecular complexity index is 1400. The highest BCUT2D eigenvalue weighted by Crippen LogP contribution is 2.35. The largest absolute Gasteiger partial charge is 0.504 e. The molecule has 0 aliphatic carbocycles. The lowest BCUT2D eigenvalue weighted by Gasteiger charge is -2.28. The minimum atomic E-state index is -3.66. The van der Waals surface area contributed by atoms with Crippen molar-refractivity contribution in [2.75, 3.05) is 23.7 Å². The quantitative estimate of drug-likeness (QED) is 0.521. The number of amides is 1. The second-order valence-electron chi connectivity index (χ2n) is 7.60. The molecule has 178 valence electrons. The number of carbonyl (C=O) groups is 2. The molecule has 4 rings (SSSR count). The predicted octanol–water partition coefficient (Wildman–Crippen LogP) is 2.12. The van der Waals surface area contributed by atoms with Crippen LogP contribution in [-0.2, 0) is 21.3 Å². The smallest absolute Gasteiger partial charge is 0.338 e. The SMILES string of the molecule is COC(=O)c1cc(F)ccc1CNC(=O)c1nc(N2CCCCS2(=O)=O)c2cccnc2c1O. The van der Waals surface area contributed by atoms with Crippen LogP contribution in [0.1, 0.15) is 39.3 Å². The first kappa shape index (κ1) is 23.4. The van der Waals surface area contributed by atoms with Crippen LogP contribution in [0.3, 0.4) is 0 Å². The lowest BCUT2D eigenvalue weighted by Crippen LogP contribution is -2.39. The maximum absolute atomic E-state index is 13.6. The average Bonchev–Trinajstić information content (AvgIpc) is 2.83. The number of aromatic nitrogens is 2. The molecule has 1 aromatic carbocycles. The van der Waals surface area contributed by atoms with Crippen LogP contribution in [0.15, 0.2) is 36.5 Å². The Balaban J connectivity index is 1.72. The molecule has 2 N–H and O–H groups in total. The summed E-state index contributed by atoms with van der Waals surface area (Å²) in [7, 11) is -2.51. The first-order chi connectivity index (χ1) is 16.2. The Morgan fingerprint density at radius 1 is 1.26 bits per heavy atom. The normalized spacial score (nSPS) is 15.2. The first-order valence-corrected chi connectivity index (χ1v) is 12.0. The van der Waals surface area contributed by atoms with Gasteiger partial charge in [-0.25, -0.2) is 22.6 Å². The molecule has 0 radical (unpaired) electrons. The molecule has 0 saturated carbocycles. The second-order valence-corrected chi connectivity index (χ2v) is 9.62. The minimum absolute atomic E-state index is 0.00258. The molecular weight excluding hydrogens is 467 g/mol. The molecule has 0 spiro atoms. The van der Waals surface area contributed by atoms with Crippen LogP contribution in [-0.4, -0.2) is 54.8 Å². The van der Waals surface area contributed by atoms with Crippen LogP contribution in [0.4, 0.5) is 10.2 Å². The fraction of sp³-hybridized carbons (Fsp3) is 0.273. The molecule has 0 bridgehead atoms. The number of nitrogens with one attached hydrogen (secondary N) is 1. The van der Waals surface area contributed by atoms with E-state index in [1.165, 1.54) is 12.3 Å². The number of benzene rings is 1. The third kappa shape index (κ3) is 4.36. The summed E-state index contributed by atoms with van der Waals surface area (Å²) in [6.45, 7) is -0.0223. The van der Waals surface area contributed by atoms with Gasteiger partial charge in [0.25, 0.3) is 5.91 Å². The number of ether oxygens (including phenoxy) is 1. The van der Waals surface area contributed by atoms with Gasteiger partial charge in [0, 0.05) is 24.7 Å². The highest BCUT2D eigenvalue weighted by Gasteiger charge is 2.31. The number of halogens is 1. The highest BCUT2D eigenvalue weighted by atomic mass is 32.2. The highest BCUT2D eigenvalue weighted by molar-refractivity contribution is 7.92. The summed E-state index contributed by atoms with van der Waals surface area (Å²) in [5.74, 6) is -2.83. The summed E-state index contributed by atoms with van der Waals surface area (Å²) in [6.07, 6.45) is 2.53. The van der Waals surface area contributed by atoms with Gasteiger partial charge in [0.2, 0.25) is 10.0 Å². The second kappa shape index (κ2) is 9.21. The van der Waals surface area contributed by atoms with E-state index in [1.54, 1.807) is 12.1 Å². The van der Waals surface area contributed by atoms with Crippen molar-refractivity contribution >= 4 is 38.6 Å². The van der Waals surface area contributed by atoms with Crippen LogP contribution in [0.25, 0.3) is 10.9 Å². The Labute approximate surface area is 194 Å². The molecule has 34 heavy (non-hydrogen) atoms. The Morgan fingerprint density at radius 3 is 2.79 bits per heavy atom. The van der Waals surface area contributed by atoms with E-state index in [2.05, 4.69) is 20.0 Å². The van der Waals surface area contributed by atoms with Crippen molar-refractivity contribution in [3.8, 4) is 5.75 Å². The van der Waals surface area contributed by atoms with Crippen molar-refractivity contribution < 1.29 is 32.2 Å². The van der Waals surface area contributed by atoms with Gasteiger partial charge in [-0.2, -0.15) is 0 Å². The number of anilines is 1. The Morgan fingerprint density at radius 2 is 2.06 bits per heavy atom. The van der Waals surface area contributed by atoms with Gasteiger partial charge in [-0.1, -0.05) is 6.07 Å². The van der Waals surface area contributed by atoms with Gasteiger partial charge in [0.05, 0.1) is 18.4 Å². The molecule has 1 fully saturated rings. The molecule has 3 aromatic rings. The number of methoxy groups -OCH3 is 1. The summed E-state index contributed by atoms with van der Waals surface area (Å²) >= 11 is 0. The molecule has 3 heterocycles. The maximum atomic E-state index is 13.6. The topological polar surface area (TPSA) is 139 Å². The predicted molar refractivity (Wildman–Crippen MR) is 120 cm³/mol. The first-order valence-electron chi connectivity index (χ1n) is 10.4. The summed E-state index contributed by atoms with van der Waals surface area (Å²) in [5.41, 5.74) is -0.196. The third-order valence-corrected chi connectivity index (χ3v) is 7.26.